The molecular weight excluding hydrogens is 460 g/mol. The Labute approximate surface area is 208 Å². The molecule has 2 atom stereocenters. The van der Waals surface area contributed by atoms with Crippen molar-refractivity contribution in [1.29, 1.82) is 0 Å². The molecule has 35 heavy (non-hydrogen) atoms. The number of ether oxygens (including phenoxy) is 1. The lowest BCUT2D eigenvalue weighted by molar-refractivity contribution is 0.0889. The molecule has 0 radical (unpaired) electrons. The molecule has 1 aliphatic heterocycles. The van der Waals surface area contributed by atoms with Crippen molar-refractivity contribution in [1.82, 2.24) is 30.1 Å². The highest BCUT2D eigenvalue weighted by Gasteiger charge is 2.28. The molecule has 1 aliphatic rings. The Hall–Kier alpha value is -2.88. The Bertz CT molecular complexity index is 1340. The van der Waals surface area contributed by atoms with Gasteiger partial charge in [-0.25, -0.2) is 4.68 Å². The summed E-state index contributed by atoms with van der Waals surface area (Å²) in [6.07, 6.45) is 3.07. The van der Waals surface area contributed by atoms with Crippen molar-refractivity contribution < 1.29 is 4.74 Å². The molecule has 1 saturated heterocycles. The molecule has 9 heteroatoms. The zero-order valence-electron chi connectivity index (χ0n) is 20.5. The van der Waals surface area contributed by atoms with E-state index in [1.807, 2.05) is 23.7 Å². The normalized spacial score (nSPS) is 17.0. The van der Waals surface area contributed by atoms with Gasteiger partial charge in [0.1, 0.15) is 0 Å². The SMILES string of the molecule is CC[C@@H](c1nnnn1C[C@@H]1CCCO1)N(Cc1cccs1)Cc1cc2c(C)cc(C)cc2[nH]c1=O. The van der Waals surface area contributed by atoms with Crippen molar-refractivity contribution in [2.45, 2.75) is 71.8 Å². The predicted molar refractivity (Wildman–Crippen MR) is 137 cm³/mol. The number of aryl methyl sites for hydroxylation is 2. The topological polar surface area (TPSA) is 88.9 Å². The number of rotatable bonds is 9. The van der Waals surface area contributed by atoms with E-state index >= 15 is 0 Å². The summed E-state index contributed by atoms with van der Waals surface area (Å²) in [5, 5.41) is 15.9. The first-order chi connectivity index (χ1) is 17.0. The van der Waals surface area contributed by atoms with Crippen LogP contribution in [0.25, 0.3) is 10.9 Å². The monoisotopic (exact) mass is 492 g/mol. The van der Waals surface area contributed by atoms with Crippen molar-refractivity contribution in [3.63, 3.8) is 0 Å². The molecule has 0 aliphatic carbocycles. The number of hydrogen-bond donors (Lipinski definition) is 1. The summed E-state index contributed by atoms with van der Waals surface area (Å²) in [6.45, 7) is 8.96. The predicted octanol–water partition coefficient (Wildman–Crippen LogP) is 4.53. The van der Waals surface area contributed by atoms with Gasteiger partial charge in [-0.2, -0.15) is 0 Å². The first-order valence-corrected chi connectivity index (χ1v) is 13.2. The van der Waals surface area contributed by atoms with Crippen LogP contribution >= 0.6 is 11.3 Å². The van der Waals surface area contributed by atoms with Crippen LogP contribution in [0.15, 0.2) is 40.5 Å². The molecule has 1 fully saturated rings. The number of H-pyrrole nitrogens is 1. The Morgan fingerprint density at radius 1 is 1.29 bits per heavy atom. The quantitative estimate of drug-likeness (QED) is 0.369. The molecule has 0 amide bonds. The molecule has 5 rings (SSSR count). The minimum atomic E-state index is -0.0486. The van der Waals surface area contributed by atoms with Gasteiger partial charge in [0, 0.05) is 41.0 Å². The highest BCUT2D eigenvalue weighted by atomic mass is 32.1. The van der Waals surface area contributed by atoms with Crippen molar-refractivity contribution in [3.8, 4) is 0 Å². The minimum Gasteiger partial charge on any atom is -0.376 e. The van der Waals surface area contributed by atoms with Crippen LogP contribution in [0.5, 0.6) is 0 Å². The maximum absolute atomic E-state index is 13.1. The average Bonchev–Trinajstić information content (AvgIpc) is 3.60. The van der Waals surface area contributed by atoms with E-state index in [0.29, 0.717) is 19.6 Å². The second-order valence-electron chi connectivity index (χ2n) is 9.43. The van der Waals surface area contributed by atoms with Gasteiger partial charge in [-0.15, -0.1) is 16.4 Å². The standard InChI is InChI=1S/C26H32N6O2S/c1-4-24(25-28-29-30-32(25)15-20-7-5-9-34-20)31(16-21-8-6-10-35-21)14-19-13-22-18(3)11-17(2)12-23(22)27-26(19)33/h6,8,10-13,20,24H,4-5,7,9,14-16H2,1-3H3,(H,27,33)/t20-,24-/m0/s1. The molecule has 0 unspecified atom stereocenters. The number of aromatic nitrogens is 5. The highest BCUT2D eigenvalue weighted by molar-refractivity contribution is 7.09. The van der Waals surface area contributed by atoms with Gasteiger partial charge < -0.3 is 9.72 Å². The molecule has 0 bridgehead atoms. The molecule has 184 valence electrons. The van der Waals surface area contributed by atoms with Crippen molar-refractivity contribution in [3.05, 3.63) is 73.5 Å². The van der Waals surface area contributed by atoms with E-state index in [1.54, 1.807) is 11.3 Å². The molecular formula is C26H32N6O2S. The van der Waals surface area contributed by atoms with Crippen molar-refractivity contribution in [2.24, 2.45) is 0 Å². The second kappa shape index (κ2) is 10.4. The summed E-state index contributed by atoms with van der Waals surface area (Å²) < 4.78 is 7.73. The fourth-order valence-corrected chi connectivity index (χ4v) is 5.83. The van der Waals surface area contributed by atoms with Gasteiger partial charge in [0.05, 0.1) is 18.7 Å². The fraction of sp³-hybridized carbons (Fsp3) is 0.462. The Morgan fingerprint density at radius 2 is 2.17 bits per heavy atom. The first-order valence-electron chi connectivity index (χ1n) is 12.3. The Morgan fingerprint density at radius 3 is 2.91 bits per heavy atom. The zero-order valence-corrected chi connectivity index (χ0v) is 21.3. The van der Waals surface area contributed by atoms with E-state index in [0.717, 1.165) is 59.3 Å². The summed E-state index contributed by atoms with van der Waals surface area (Å²) >= 11 is 1.72. The van der Waals surface area contributed by atoms with E-state index in [-0.39, 0.29) is 17.7 Å². The van der Waals surface area contributed by atoms with Crippen molar-refractivity contribution in [2.75, 3.05) is 6.61 Å². The smallest absolute Gasteiger partial charge is 0.252 e. The number of nitrogens with one attached hydrogen (secondary N) is 1. The molecule has 3 aromatic heterocycles. The van der Waals surface area contributed by atoms with Gasteiger partial charge in [-0.1, -0.05) is 19.1 Å². The molecule has 0 spiro atoms. The lowest BCUT2D eigenvalue weighted by atomic mass is 10.0. The summed E-state index contributed by atoms with van der Waals surface area (Å²) in [6, 6.07) is 10.4. The maximum atomic E-state index is 13.1. The van der Waals surface area contributed by atoms with Gasteiger partial charge >= 0.3 is 0 Å². The zero-order chi connectivity index (χ0) is 24.4. The van der Waals surface area contributed by atoms with Crippen molar-refractivity contribution >= 4 is 22.2 Å². The minimum absolute atomic E-state index is 0.0392. The largest absolute Gasteiger partial charge is 0.376 e. The number of aromatic amines is 1. The molecule has 1 aromatic carbocycles. The molecule has 0 saturated carbocycles. The number of tetrazole rings is 1. The van der Waals surface area contributed by atoms with Crippen LogP contribution in [0.4, 0.5) is 0 Å². The summed E-state index contributed by atoms with van der Waals surface area (Å²) in [4.78, 5) is 19.8. The van der Waals surface area contributed by atoms with E-state index in [9.17, 15) is 4.79 Å². The maximum Gasteiger partial charge on any atom is 0.252 e. The number of thiophene rings is 1. The number of nitrogens with zero attached hydrogens (tertiary/aromatic N) is 5. The first kappa shape index (κ1) is 23.8. The third-order valence-corrected chi connectivity index (χ3v) is 7.65. The number of hydrogen-bond acceptors (Lipinski definition) is 7. The van der Waals surface area contributed by atoms with Crippen LogP contribution in [-0.4, -0.2) is 42.8 Å². The lowest BCUT2D eigenvalue weighted by Gasteiger charge is -2.30. The van der Waals surface area contributed by atoms with Crippen LogP contribution in [-0.2, 0) is 24.4 Å². The molecule has 4 aromatic rings. The van der Waals surface area contributed by atoms with Gasteiger partial charge in [0.25, 0.3) is 5.56 Å². The van der Waals surface area contributed by atoms with E-state index < -0.39 is 0 Å². The van der Waals surface area contributed by atoms with E-state index in [2.05, 4.69) is 62.8 Å². The third kappa shape index (κ3) is 5.22. The Kier molecular flexibility index (Phi) is 7.08. The average molecular weight is 493 g/mol. The van der Waals surface area contributed by atoms with Crippen LogP contribution in [0, 0.1) is 13.8 Å². The second-order valence-corrected chi connectivity index (χ2v) is 10.5. The van der Waals surface area contributed by atoms with E-state index in [4.69, 9.17) is 4.74 Å². The van der Waals surface area contributed by atoms with E-state index in [1.165, 1.54) is 4.88 Å². The molecule has 8 nitrogen and oxygen atoms in total. The highest BCUT2D eigenvalue weighted by Crippen LogP contribution is 2.28. The summed E-state index contributed by atoms with van der Waals surface area (Å²) in [5.41, 5.74) is 3.88. The van der Waals surface area contributed by atoms with Gasteiger partial charge in [-0.3, -0.25) is 9.69 Å². The molecule has 1 N–H and O–H groups in total. The van der Waals surface area contributed by atoms with Crippen LogP contribution in [0.1, 0.15) is 59.6 Å². The third-order valence-electron chi connectivity index (χ3n) is 6.79. The van der Waals surface area contributed by atoms with Crippen LogP contribution < -0.4 is 5.56 Å². The number of pyridine rings is 1. The summed E-state index contributed by atoms with van der Waals surface area (Å²) in [7, 11) is 0. The Balaban J connectivity index is 1.50. The van der Waals surface area contributed by atoms with Gasteiger partial charge in [-0.05, 0) is 78.2 Å². The number of benzene rings is 1. The number of fused-ring (bicyclic) bond motifs is 1. The molecule has 4 heterocycles. The van der Waals surface area contributed by atoms with Gasteiger partial charge in [0.2, 0.25) is 0 Å². The summed E-state index contributed by atoms with van der Waals surface area (Å²) in [5.74, 6) is 0.823. The van der Waals surface area contributed by atoms with Crippen LogP contribution in [0.3, 0.4) is 0 Å². The fourth-order valence-electron chi connectivity index (χ4n) is 5.10. The van der Waals surface area contributed by atoms with Gasteiger partial charge in [0.15, 0.2) is 5.82 Å². The van der Waals surface area contributed by atoms with Crippen LogP contribution in [0.2, 0.25) is 0 Å². The lowest BCUT2D eigenvalue weighted by Crippen LogP contribution is -2.33.